The molecule has 5 nitrogen and oxygen atoms in total. The summed E-state index contributed by atoms with van der Waals surface area (Å²) in [7, 11) is 3.20. The first-order valence-electron chi connectivity index (χ1n) is 7.33. The van der Waals surface area contributed by atoms with Crippen molar-refractivity contribution < 1.29 is 19.4 Å². The molecule has 0 saturated heterocycles. The second-order valence-corrected chi connectivity index (χ2v) is 5.23. The molecule has 1 aliphatic rings. The second-order valence-electron chi connectivity index (χ2n) is 5.23. The van der Waals surface area contributed by atoms with E-state index in [1.165, 1.54) is 0 Å². The minimum Gasteiger partial charge on any atom is -0.493 e. The molecule has 0 radical (unpaired) electrons. The Labute approximate surface area is 125 Å². The van der Waals surface area contributed by atoms with E-state index >= 15 is 0 Å². The molecule has 116 valence electrons. The van der Waals surface area contributed by atoms with Crippen LogP contribution in [0.5, 0.6) is 11.5 Å². The normalized spacial score (nSPS) is 21.1. The SMILES string of the molecule is CCC(=O)N[C@@H]1CCCc2c(ccc(OC)c2OC)[C@H]1O. The van der Waals surface area contributed by atoms with Crippen LogP contribution >= 0.6 is 0 Å². The molecular formula is C16H23NO4. The maximum Gasteiger partial charge on any atom is 0.220 e. The van der Waals surface area contributed by atoms with Crippen LogP contribution in [0.15, 0.2) is 12.1 Å². The molecule has 1 aromatic rings. The van der Waals surface area contributed by atoms with Gasteiger partial charge in [0, 0.05) is 12.0 Å². The van der Waals surface area contributed by atoms with Gasteiger partial charge in [-0.15, -0.1) is 0 Å². The van der Waals surface area contributed by atoms with E-state index in [1.54, 1.807) is 27.2 Å². The van der Waals surface area contributed by atoms with Gasteiger partial charge < -0.3 is 19.9 Å². The molecule has 1 aromatic carbocycles. The summed E-state index contributed by atoms with van der Waals surface area (Å²) in [5, 5.41) is 13.5. The topological polar surface area (TPSA) is 67.8 Å². The number of hydrogen-bond donors (Lipinski definition) is 2. The third-order valence-electron chi connectivity index (χ3n) is 3.99. The van der Waals surface area contributed by atoms with Crippen LogP contribution in [0.3, 0.4) is 0 Å². The van der Waals surface area contributed by atoms with Gasteiger partial charge in [-0.25, -0.2) is 0 Å². The zero-order chi connectivity index (χ0) is 15.4. The second kappa shape index (κ2) is 6.80. The molecule has 5 heteroatoms. The lowest BCUT2D eigenvalue weighted by molar-refractivity contribution is -0.122. The zero-order valence-corrected chi connectivity index (χ0v) is 12.8. The van der Waals surface area contributed by atoms with Crippen LogP contribution in [0, 0.1) is 0 Å². The number of methoxy groups -OCH3 is 2. The lowest BCUT2D eigenvalue weighted by Gasteiger charge is -2.24. The first-order chi connectivity index (χ1) is 10.1. The molecule has 1 aliphatic carbocycles. The van der Waals surface area contributed by atoms with Crippen molar-refractivity contribution in [1.29, 1.82) is 0 Å². The average Bonchev–Trinajstić information content (AvgIpc) is 2.66. The van der Waals surface area contributed by atoms with E-state index in [1.807, 2.05) is 6.07 Å². The third-order valence-corrected chi connectivity index (χ3v) is 3.99. The van der Waals surface area contributed by atoms with Gasteiger partial charge in [-0.1, -0.05) is 13.0 Å². The van der Waals surface area contributed by atoms with Crippen LogP contribution in [0.25, 0.3) is 0 Å². The molecule has 0 fully saturated rings. The highest BCUT2D eigenvalue weighted by Crippen LogP contribution is 2.40. The highest BCUT2D eigenvalue weighted by atomic mass is 16.5. The molecule has 2 atom stereocenters. The molecule has 0 heterocycles. The van der Waals surface area contributed by atoms with E-state index in [2.05, 4.69) is 5.32 Å². The van der Waals surface area contributed by atoms with E-state index in [4.69, 9.17) is 9.47 Å². The number of nitrogens with one attached hydrogen (secondary N) is 1. The molecular weight excluding hydrogens is 270 g/mol. The van der Waals surface area contributed by atoms with E-state index in [0.29, 0.717) is 17.9 Å². The largest absolute Gasteiger partial charge is 0.493 e. The van der Waals surface area contributed by atoms with Crippen molar-refractivity contribution in [3.63, 3.8) is 0 Å². The van der Waals surface area contributed by atoms with E-state index in [0.717, 1.165) is 30.4 Å². The van der Waals surface area contributed by atoms with Gasteiger partial charge in [0.2, 0.25) is 5.91 Å². The van der Waals surface area contributed by atoms with Gasteiger partial charge in [-0.3, -0.25) is 4.79 Å². The highest BCUT2D eigenvalue weighted by Gasteiger charge is 2.29. The molecule has 0 bridgehead atoms. The molecule has 0 spiro atoms. The maximum atomic E-state index is 11.6. The molecule has 0 aliphatic heterocycles. The third kappa shape index (κ3) is 3.13. The molecule has 0 unspecified atom stereocenters. The summed E-state index contributed by atoms with van der Waals surface area (Å²) in [6, 6.07) is 3.40. The van der Waals surface area contributed by atoms with E-state index in [-0.39, 0.29) is 11.9 Å². The number of ether oxygens (including phenoxy) is 2. The van der Waals surface area contributed by atoms with Crippen molar-refractivity contribution in [2.45, 2.75) is 44.8 Å². The Morgan fingerprint density at radius 2 is 2.14 bits per heavy atom. The molecule has 0 saturated carbocycles. The molecule has 0 aromatic heterocycles. The Kier molecular flexibility index (Phi) is 5.07. The summed E-state index contributed by atoms with van der Waals surface area (Å²) in [6.45, 7) is 1.81. The number of aliphatic hydroxyl groups excluding tert-OH is 1. The fourth-order valence-corrected chi connectivity index (χ4v) is 2.87. The summed E-state index contributed by atoms with van der Waals surface area (Å²) in [6.07, 6.45) is 2.11. The fourth-order valence-electron chi connectivity index (χ4n) is 2.87. The smallest absolute Gasteiger partial charge is 0.220 e. The Hall–Kier alpha value is -1.75. The summed E-state index contributed by atoms with van der Waals surface area (Å²) in [4.78, 5) is 11.6. The Morgan fingerprint density at radius 3 is 2.76 bits per heavy atom. The van der Waals surface area contributed by atoms with Gasteiger partial charge >= 0.3 is 0 Å². The van der Waals surface area contributed by atoms with Crippen LogP contribution in [0.4, 0.5) is 0 Å². The van der Waals surface area contributed by atoms with Crippen LogP contribution in [0.2, 0.25) is 0 Å². The number of benzene rings is 1. The number of carbonyl (C=O) groups excluding carboxylic acids is 1. The van der Waals surface area contributed by atoms with Crippen LogP contribution in [-0.4, -0.2) is 31.3 Å². The Balaban J connectivity index is 2.36. The summed E-state index contributed by atoms with van der Waals surface area (Å²) in [5.41, 5.74) is 1.78. The first-order valence-corrected chi connectivity index (χ1v) is 7.33. The van der Waals surface area contributed by atoms with Crippen LogP contribution in [0.1, 0.15) is 43.4 Å². The monoisotopic (exact) mass is 293 g/mol. The Morgan fingerprint density at radius 1 is 1.38 bits per heavy atom. The predicted molar refractivity (Wildman–Crippen MR) is 79.7 cm³/mol. The predicted octanol–water partition coefficient (Wildman–Crippen LogP) is 1.97. The number of aliphatic hydroxyl groups is 1. The number of carbonyl (C=O) groups is 1. The van der Waals surface area contributed by atoms with Gasteiger partial charge in [0.25, 0.3) is 0 Å². The lowest BCUT2D eigenvalue weighted by atomic mass is 9.97. The van der Waals surface area contributed by atoms with Crippen molar-refractivity contribution in [1.82, 2.24) is 5.32 Å². The number of fused-ring (bicyclic) bond motifs is 1. The standard InChI is InChI=1S/C16H23NO4/c1-4-14(18)17-12-7-5-6-11-10(15(12)19)8-9-13(20-2)16(11)21-3/h8-9,12,15,19H,4-7H2,1-3H3,(H,17,18)/t12-,15-/m1/s1. The van der Waals surface area contributed by atoms with Crippen LogP contribution in [-0.2, 0) is 11.2 Å². The number of rotatable bonds is 4. The van der Waals surface area contributed by atoms with Crippen molar-refractivity contribution in [3.05, 3.63) is 23.3 Å². The fraction of sp³-hybridized carbons (Fsp3) is 0.562. The number of hydrogen-bond acceptors (Lipinski definition) is 4. The lowest BCUT2D eigenvalue weighted by Crippen LogP contribution is -2.38. The summed E-state index contributed by atoms with van der Waals surface area (Å²) < 4.78 is 10.8. The minimum atomic E-state index is -0.724. The quantitative estimate of drug-likeness (QED) is 0.833. The van der Waals surface area contributed by atoms with Gasteiger partial charge in [-0.2, -0.15) is 0 Å². The highest BCUT2D eigenvalue weighted by molar-refractivity contribution is 5.76. The summed E-state index contributed by atoms with van der Waals surface area (Å²) >= 11 is 0. The van der Waals surface area contributed by atoms with Gasteiger partial charge in [-0.05, 0) is 30.9 Å². The van der Waals surface area contributed by atoms with Crippen molar-refractivity contribution in [3.8, 4) is 11.5 Å². The van der Waals surface area contributed by atoms with Crippen LogP contribution < -0.4 is 14.8 Å². The van der Waals surface area contributed by atoms with Crippen molar-refractivity contribution >= 4 is 5.91 Å². The van der Waals surface area contributed by atoms with Crippen molar-refractivity contribution in [2.24, 2.45) is 0 Å². The van der Waals surface area contributed by atoms with Gasteiger partial charge in [0.05, 0.1) is 26.4 Å². The minimum absolute atomic E-state index is 0.0389. The van der Waals surface area contributed by atoms with Gasteiger partial charge in [0.15, 0.2) is 11.5 Å². The van der Waals surface area contributed by atoms with Gasteiger partial charge in [0.1, 0.15) is 0 Å². The molecule has 2 rings (SSSR count). The molecule has 2 N–H and O–H groups in total. The Bertz CT molecular complexity index is 515. The summed E-state index contributed by atoms with van der Waals surface area (Å²) in [5.74, 6) is 1.30. The van der Waals surface area contributed by atoms with E-state index < -0.39 is 6.10 Å². The zero-order valence-electron chi connectivity index (χ0n) is 12.8. The number of amides is 1. The molecule has 21 heavy (non-hydrogen) atoms. The average molecular weight is 293 g/mol. The first kappa shape index (κ1) is 15.6. The molecule has 1 amide bonds. The van der Waals surface area contributed by atoms with E-state index in [9.17, 15) is 9.90 Å². The maximum absolute atomic E-state index is 11.6. The van der Waals surface area contributed by atoms with Crippen molar-refractivity contribution in [2.75, 3.05) is 14.2 Å².